The lowest BCUT2D eigenvalue weighted by Gasteiger charge is -2.21. The summed E-state index contributed by atoms with van der Waals surface area (Å²) in [5.74, 6) is -1.35. The topological polar surface area (TPSA) is 237 Å². The van der Waals surface area contributed by atoms with Gasteiger partial charge < -0.3 is 33.8 Å². The average Bonchev–Trinajstić information content (AvgIpc) is 3.70. The minimum absolute atomic E-state index is 0.0990. The Morgan fingerprint density at radius 1 is 0.310 bits per heavy atom. The number of esters is 4. The first-order valence-corrected chi connectivity index (χ1v) is 38.6. The molecule has 17 nitrogen and oxygen atoms in total. The van der Waals surface area contributed by atoms with Gasteiger partial charge in [-0.25, -0.2) is 9.13 Å². The predicted molar refractivity (Wildman–Crippen MR) is 349 cm³/mol. The van der Waals surface area contributed by atoms with Gasteiger partial charge >= 0.3 is 39.5 Å². The quantitative estimate of drug-likeness (QED) is 0.0222. The molecule has 0 saturated carbocycles. The van der Waals surface area contributed by atoms with Gasteiger partial charge in [-0.15, -0.1) is 0 Å². The molecule has 0 saturated heterocycles. The maximum Gasteiger partial charge on any atom is 0.472 e. The van der Waals surface area contributed by atoms with Gasteiger partial charge in [0.1, 0.15) is 19.3 Å². The molecule has 0 aliphatic rings. The van der Waals surface area contributed by atoms with Crippen LogP contribution in [0.15, 0.2) is 0 Å². The highest BCUT2D eigenvalue weighted by Crippen LogP contribution is 2.45. The Hall–Kier alpha value is -1.94. The van der Waals surface area contributed by atoms with Crippen LogP contribution in [0.4, 0.5) is 0 Å². The molecule has 87 heavy (non-hydrogen) atoms. The van der Waals surface area contributed by atoms with Crippen LogP contribution in [0, 0.1) is 5.92 Å². The Morgan fingerprint density at radius 3 is 0.782 bits per heavy atom. The second-order valence-electron chi connectivity index (χ2n) is 25.0. The van der Waals surface area contributed by atoms with Gasteiger partial charge in [-0.3, -0.25) is 37.3 Å². The Morgan fingerprint density at radius 2 is 0.529 bits per heavy atom. The molecule has 0 aromatic heterocycles. The molecule has 0 spiro atoms. The van der Waals surface area contributed by atoms with Crippen LogP contribution >= 0.6 is 15.6 Å². The van der Waals surface area contributed by atoms with Crippen molar-refractivity contribution in [2.45, 2.75) is 368 Å². The minimum Gasteiger partial charge on any atom is -0.462 e. The van der Waals surface area contributed by atoms with Crippen molar-refractivity contribution in [2.75, 3.05) is 39.6 Å². The smallest absolute Gasteiger partial charge is 0.462 e. The van der Waals surface area contributed by atoms with Crippen molar-refractivity contribution >= 4 is 39.5 Å². The largest absolute Gasteiger partial charge is 0.472 e. The van der Waals surface area contributed by atoms with Crippen molar-refractivity contribution in [1.82, 2.24) is 0 Å². The van der Waals surface area contributed by atoms with E-state index in [0.29, 0.717) is 25.7 Å². The van der Waals surface area contributed by atoms with Gasteiger partial charge in [0, 0.05) is 25.7 Å². The van der Waals surface area contributed by atoms with Crippen molar-refractivity contribution in [3.05, 3.63) is 0 Å². The van der Waals surface area contributed by atoms with E-state index in [2.05, 4.69) is 34.6 Å². The lowest BCUT2D eigenvalue weighted by molar-refractivity contribution is -0.161. The first-order valence-electron chi connectivity index (χ1n) is 35.6. The van der Waals surface area contributed by atoms with Crippen LogP contribution < -0.4 is 0 Å². The molecular formula is C68H132O17P2. The molecule has 5 atom stereocenters. The van der Waals surface area contributed by atoms with Crippen molar-refractivity contribution < 1.29 is 80.2 Å². The van der Waals surface area contributed by atoms with Gasteiger partial charge in [0.15, 0.2) is 12.2 Å². The van der Waals surface area contributed by atoms with Crippen LogP contribution in [0.1, 0.15) is 349 Å². The summed E-state index contributed by atoms with van der Waals surface area (Å²) in [5.41, 5.74) is 0. The van der Waals surface area contributed by atoms with E-state index in [1.807, 2.05) is 0 Å². The standard InChI is InChI=1S/C68H132O17P2/c1-6-9-12-15-16-17-18-19-20-21-22-23-24-25-30-33-36-39-44-49-54-68(73)85-64(58-79-66(71)52-47-43-38-35-32-29-27-26-28-31-34-37-42-45-50-61(4)5)60-83-87(76,77)81-56-62(69)55-80-86(74,75)82-59-63(84-67(72)53-48-41-14-11-8-3)57-78-65(70)51-46-40-13-10-7-2/h61-64,69H,6-60H2,1-5H3,(H,74,75)(H,76,77)/t62-,63+,64+/m0/s1. The van der Waals surface area contributed by atoms with Crippen LogP contribution in [0.25, 0.3) is 0 Å². The van der Waals surface area contributed by atoms with Crippen molar-refractivity contribution in [3.8, 4) is 0 Å². The molecule has 0 rings (SSSR count). The first-order chi connectivity index (χ1) is 42.0. The molecule has 0 aliphatic carbocycles. The van der Waals surface area contributed by atoms with E-state index >= 15 is 0 Å². The predicted octanol–water partition coefficient (Wildman–Crippen LogP) is 19.4. The Balaban J connectivity index is 5.05. The summed E-state index contributed by atoms with van der Waals surface area (Å²) in [6.45, 7) is 7.06. The number of aliphatic hydroxyl groups excluding tert-OH is 1. The Labute approximate surface area is 530 Å². The van der Waals surface area contributed by atoms with E-state index in [1.165, 1.54) is 167 Å². The Bertz CT molecular complexity index is 1690. The monoisotopic (exact) mass is 1280 g/mol. The number of hydrogen-bond acceptors (Lipinski definition) is 15. The number of carbonyl (C=O) groups excluding carboxylic acids is 4. The molecule has 0 aromatic rings. The number of hydrogen-bond donors (Lipinski definition) is 3. The highest BCUT2D eigenvalue weighted by atomic mass is 31.2. The molecule has 0 aliphatic heterocycles. The SMILES string of the molecule is CCCCCCCCCCCCCCCCCCCCCCC(=O)O[C@H](COC(=O)CCCCCCCCCCCCCCCCC(C)C)COP(=O)(O)OC[C@@H](O)COP(=O)(O)OC[C@@H](COC(=O)CCCCCCC)OC(=O)CCCCCCC. The summed E-state index contributed by atoms with van der Waals surface area (Å²) >= 11 is 0. The van der Waals surface area contributed by atoms with Gasteiger partial charge in [-0.2, -0.15) is 0 Å². The lowest BCUT2D eigenvalue weighted by atomic mass is 10.0. The van der Waals surface area contributed by atoms with E-state index in [4.69, 9.17) is 37.0 Å². The van der Waals surface area contributed by atoms with E-state index in [1.54, 1.807) is 0 Å². The van der Waals surface area contributed by atoms with Gasteiger partial charge in [-0.1, -0.05) is 298 Å². The molecule has 2 unspecified atom stereocenters. The van der Waals surface area contributed by atoms with Crippen LogP contribution in [0.3, 0.4) is 0 Å². The Kier molecular flexibility index (Phi) is 60.2. The molecule has 0 heterocycles. The normalized spacial score (nSPS) is 14.1. The van der Waals surface area contributed by atoms with Crippen molar-refractivity contribution in [1.29, 1.82) is 0 Å². The number of phosphoric acid groups is 2. The zero-order valence-corrected chi connectivity index (χ0v) is 57.9. The molecule has 0 radical (unpaired) electrons. The van der Waals surface area contributed by atoms with Crippen molar-refractivity contribution in [2.24, 2.45) is 5.92 Å². The third-order valence-corrected chi connectivity index (χ3v) is 17.7. The zero-order chi connectivity index (χ0) is 64.2. The van der Waals surface area contributed by atoms with E-state index in [0.717, 1.165) is 102 Å². The van der Waals surface area contributed by atoms with Crippen LogP contribution in [0.2, 0.25) is 0 Å². The second kappa shape index (κ2) is 61.6. The third-order valence-electron chi connectivity index (χ3n) is 15.8. The number of phosphoric ester groups is 2. The van der Waals surface area contributed by atoms with Gasteiger partial charge in [0.2, 0.25) is 0 Å². The highest BCUT2D eigenvalue weighted by Gasteiger charge is 2.30. The highest BCUT2D eigenvalue weighted by molar-refractivity contribution is 7.47. The average molecular weight is 1280 g/mol. The summed E-state index contributed by atoms with van der Waals surface area (Å²) in [5, 5.41) is 10.5. The number of carbonyl (C=O) groups is 4. The number of ether oxygens (including phenoxy) is 4. The van der Waals surface area contributed by atoms with Crippen LogP contribution in [-0.2, 0) is 65.4 Å². The number of unbranched alkanes of at least 4 members (excludes halogenated alkanes) is 40. The summed E-state index contributed by atoms with van der Waals surface area (Å²) in [7, 11) is -9.87. The van der Waals surface area contributed by atoms with Crippen LogP contribution in [0.5, 0.6) is 0 Å². The molecular weight excluding hydrogens is 1150 g/mol. The summed E-state index contributed by atoms with van der Waals surface area (Å²) in [6, 6.07) is 0. The fourth-order valence-electron chi connectivity index (χ4n) is 10.3. The van der Waals surface area contributed by atoms with Crippen molar-refractivity contribution in [3.63, 3.8) is 0 Å². The fourth-order valence-corrected chi connectivity index (χ4v) is 11.9. The molecule has 0 fully saturated rings. The van der Waals surface area contributed by atoms with Gasteiger partial charge in [-0.05, 0) is 31.6 Å². The van der Waals surface area contributed by atoms with Gasteiger partial charge in [0.25, 0.3) is 0 Å². The zero-order valence-electron chi connectivity index (χ0n) is 56.2. The maximum absolute atomic E-state index is 13.0. The third kappa shape index (κ3) is 62.6. The number of aliphatic hydroxyl groups is 1. The molecule has 0 aromatic carbocycles. The van der Waals surface area contributed by atoms with E-state index in [-0.39, 0.29) is 25.7 Å². The number of rotatable bonds is 68. The van der Waals surface area contributed by atoms with Crippen LogP contribution in [-0.4, -0.2) is 96.7 Å². The molecule has 3 N–H and O–H groups in total. The lowest BCUT2D eigenvalue weighted by Crippen LogP contribution is -2.30. The second-order valence-corrected chi connectivity index (χ2v) is 27.9. The maximum atomic E-state index is 13.0. The summed E-state index contributed by atoms with van der Waals surface area (Å²) < 4.78 is 67.7. The molecule has 19 heteroatoms. The van der Waals surface area contributed by atoms with E-state index < -0.39 is 97.5 Å². The first kappa shape index (κ1) is 85.1. The summed E-state index contributed by atoms with van der Waals surface area (Å²) in [6.07, 6.45) is 48.2. The summed E-state index contributed by atoms with van der Waals surface area (Å²) in [4.78, 5) is 71.8. The molecule has 0 bridgehead atoms. The van der Waals surface area contributed by atoms with Gasteiger partial charge in [0.05, 0.1) is 26.4 Å². The molecule has 0 amide bonds. The molecule has 516 valence electrons. The minimum atomic E-state index is -4.95. The van der Waals surface area contributed by atoms with E-state index in [9.17, 15) is 43.2 Å². The fraction of sp³-hybridized carbons (Fsp3) is 0.941.